The van der Waals surface area contributed by atoms with Gasteiger partial charge in [0.15, 0.2) is 0 Å². The Labute approximate surface area is 73.4 Å². The highest BCUT2D eigenvalue weighted by molar-refractivity contribution is 5.70. The van der Waals surface area contributed by atoms with Gasteiger partial charge < -0.3 is 10.0 Å². The maximum atomic E-state index is 10.7. The number of carbonyl (C=O) groups is 1. The average molecular weight is 171 g/mol. The van der Waals surface area contributed by atoms with E-state index >= 15 is 0 Å². The van der Waals surface area contributed by atoms with E-state index in [1.165, 1.54) is 0 Å². The quantitative estimate of drug-likeness (QED) is 0.678. The third kappa shape index (κ3) is 2.21. The van der Waals surface area contributed by atoms with Gasteiger partial charge in [0.05, 0.1) is 5.92 Å². The van der Waals surface area contributed by atoms with Crippen molar-refractivity contribution in [3.63, 3.8) is 0 Å². The number of nitrogens with zero attached hydrogens (tertiary/aromatic N) is 1. The Morgan fingerprint density at radius 3 is 2.58 bits per heavy atom. The van der Waals surface area contributed by atoms with Crippen LogP contribution in [0.1, 0.15) is 25.7 Å². The van der Waals surface area contributed by atoms with Crippen LogP contribution in [0.4, 0.5) is 0 Å². The van der Waals surface area contributed by atoms with Gasteiger partial charge in [0, 0.05) is 6.04 Å². The lowest BCUT2D eigenvalue weighted by Crippen LogP contribution is -2.35. The lowest BCUT2D eigenvalue weighted by molar-refractivity contribution is -0.143. The summed E-state index contributed by atoms with van der Waals surface area (Å²) in [7, 11) is 4.05. The molecule has 0 bridgehead atoms. The minimum absolute atomic E-state index is 0.105. The van der Waals surface area contributed by atoms with E-state index in [1.807, 2.05) is 14.1 Å². The van der Waals surface area contributed by atoms with Crippen LogP contribution in [0.2, 0.25) is 0 Å². The predicted molar refractivity (Wildman–Crippen MR) is 47.1 cm³/mol. The molecule has 0 radical (unpaired) electrons. The number of aliphatic carboxylic acids is 1. The molecule has 0 spiro atoms. The van der Waals surface area contributed by atoms with Crippen molar-refractivity contribution in [2.75, 3.05) is 14.1 Å². The highest BCUT2D eigenvalue weighted by Gasteiger charge is 2.27. The minimum Gasteiger partial charge on any atom is -0.481 e. The van der Waals surface area contributed by atoms with Crippen LogP contribution in [0.15, 0.2) is 0 Å². The molecular formula is C9H17NO2. The molecule has 2 atom stereocenters. The van der Waals surface area contributed by atoms with E-state index in [0.717, 1.165) is 25.7 Å². The summed E-state index contributed by atoms with van der Waals surface area (Å²) in [6.07, 6.45) is 3.89. The molecule has 0 saturated heterocycles. The summed E-state index contributed by atoms with van der Waals surface area (Å²) < 4.78 is 0. The highest BCUT2D eigenvalue weighted by Crippen LogP contribution is 2.26. The van der Waals surface area contributed by atoms with Crippen LogP contribution in [0.3, 0.4) is 0 Å². The third-order valence-electron chi connectivity index (χ3n) is 2.73. The molecule has 1 aliphatic carbocycles. The van der Waals surface area contributed by atoms with Crippen LogP contribution in [0, 0.1) is 5.92 Å². The van der Waals surface area contributed by atoms with Gasteiger partial charge in [-0.2, -0.15) is 0 Å². The van der Waals surface area contributed by atoms with Crippen molar-refractivity contribution < 1.29 is 9.90 Å². The molecule has 1 N–H and O–H groups in total. The number of carboxylic acids is 1. The number of hydrogen-bond acceptors (Lipinski definition) is 2. The van der Waals surface area contributed by atoms with Crippen LogP contribution >= 0.6 is 0 Å². The van der Waals surface area contributed by atoms with Crippen molar-refractivity contribution in [2.45, 2.75) is 31.7 Å². The van der Waals surface area contributed by atoms with Gasteiger partial charge in [0.1, 0.15) is 0 Å². The number of hydrogen-bond donors (Lipinski definition) is 1. The second-order valence-corrected chi connectivity index (χ2v) is 3.82. The molecule has 0 heterocycles. The smallest absolute Gasteiger partial charge is 0.306 e. The fraction of sp³-hybridized carbons (Fsp3) is 0.889. The maximum Gasteiger partial charge on any atom is 0.306 e. The monoisotopic (exact) mass is 171 g/mol. The molecule has 0 aliphatic heterocycles. The normalized spacial score (nSPS) is 30.6. The molecule has 1 rings (SSSR count). The molecule has 0 amide bonds. The Balaban J connectivity index is 2.46. The summed E-state index contributed by atoms with van der Waals surface area (Å²) in [5.74, 6) is -0.729. The third-order valence-corrected chi connectivity index (χ3v) is 2.73. The van der Waals surface area contributed by atoms with Gasteiger partial charge in [-0.25, -0.2) is 0 Å². The summed E-state index contributed by atoms with van der Waals surface area (Å²) >= 11 is 0. The first kappa shape index (κ1) is 9.52. The zero-order valence-corrected chi connectivity index (χ0v) is 7.79. The van der Waals surface area contributed by atoms with Gasteiger partial charge in [0.25, 0.3) is 0 Å². The van der Waals surface area contributed by atoms with Crippen LogP contribution in [0.5, 0.6) is 0 Å². The van der Waals surface area contributed by atoms with E-state index in [4.69, 9.17) is 5.11 Å². The van der Waals surface area contributed by atoms with Crippen molar-refractivity contribution in [1.29, 1.82) is 0 Å². The Hall–Kier alpha value is -0.570. The van der Waals surface area contributed by atoms with Gasteiger partial charge in [0.2, 0.25) is 0 Å². The Morgan fingerprint density at radius 2 is 2.08 bits per heavy atom. The molecule has 3 heteroatoms. The molecule has 1 aliphatic rings. The van der Waals surface area contributed by atoms with E-state index in [1.54, 1.807) is 0 Å². The highest BCUT2D eigenvalue weighted by atomic mass is 16.4. The van der Waals surface area contributed by atoms with Crippen molar-refractivity contribution in [3.8, 4) is 0 Å². The number of rotatable bonds is 2. The van der Waals surface area contributed by atoms with Crippen LogP contribution < -0.4 is 0 Å². The van der Waals surface area contributed by atoms with Gasteiger partial charge in [-0.3, -0.25) is 4.79 Å². The van der Waals surface area contributed by atoms with Crippen molar-refractivity contribution in [2.24, 2.45) is 5.92 Å². The van der Waals surface area contributed by atoms with Crippen LogP contribution in [-0.2, 0) is 4.79 Å². The number of carboxylic acid groups (broad SMARTS) is 1. The van der Waals surface area contributed by atoms with E-state index < -0.39 is 5.97 Å². The molecular weight excluding hydrogens is 154 g/mol. The van der Waals surface area contributed by atoms with Gasteiger partial charge in [-0.05, 0) is 33.4 Å². The molecule has 0 aromatic rings. The zero-order valence-electron chi connectivity index (χ0n) is 7.79. The minimum atomic E-state index is -0.624. The van der Waals surface area contributed by atoms with E-state index in [2.05, 4.69) is 4.90 Å². The Morgan fingerprint density at radius 1 is 1.42 bits per heavy atom. The molecule has 3 nitrogen and oxygen atoms in total. The van der Waals surface area contributed by atoms with E-state index in [0.29, 0.717) is 6.04 Å². The van der Waals surface area contributed by atoms with E-state index in [9.17, 15) is 4.79 Å². The largest absolute Gasteiger partial charge is 0.481 e. The molecule has 1 saturated carbocycles. The van der Waals surface area contributed by atoms with Crippen molar-refractivity contribution in [1.82, 2.24) is 4.90 Å². The van der Waals surface area contributed by atoms with Gasteiger partial charge in [-0.1, -0.05) is 6.42 Å². The summed E-state index contributed by atoms with van der Waals surface area (Å²) in [5.41, 5.74) is 0. The topological polar surface area (TPSA) is 40.5 Å². The molecule has 70 valence electrons. The fourth-order valence-corrected chi connectivity index (χ4v) is 1.86. The van der Waals surface area contributed by atoms with Gasteiger partial charge in [-0.15, -0.1) is 0 Å². The Bertz CT molecular complexity index is 168. The average Bonchev–Trinajstić information content (AvgIpc) is 2.04. The summed E-state index contributed by atoms with van der Waals surface area (Å²) in [5, 5.41) is 8.82. The fourth-order valence-electron chi connectivity index (χ4n) is 1.86. The molecule has 2 unspecified atom stereocenters. The van der Waals surface area contributed by atoms with Crippen molar-refractivity contribution in [3.05, 3.63) is 0 Å². The Kier molecular flexibility index (Phi) is 3.09. The zero-order chi connectivity index (χ0) is 9.14. The molecule has 0 aromatic carbocycles. The standard InChI is InChI=1S/C9H17NO2/c1-10(2)8-5-3-4-7(6-8)9(11)12/h7-8H,3-6H2,1-2H3,(H,11,12). The lowest BCUT2D eigenvalue weighted by atomic mass is 9.85. The first-order valence-electron chi connectivity index (χ1n) is 4.50. The molecule has 0 aromatic heterocycles. The summed E-state index contributed by atoms with van der Waals surface area (Å²) in [4.78, 5) is 12.8. The first-order chi connectivity index (χ1) is 5.61. The lowest BCUT2D eigenvalue weighted by Gasteiger charge is -2.31. The second kappa shape index (κ2) is 3.90. The van der Waals surface area contributed by atoms with Crippen LogP contribution in [0.25, 0.3) is 0 Å². The first-order valence-corrected chi connectivity index (χ1v) is 4.50. The molecule has 1 fully saturated rings. The molecule has 12 heavy (non-hydrogen) atoms. The maximum absolute atomic E-state index is 10.7. The second-order valence-electron chi connectivity index (χ2n) is 3.82. The summed E-state index contributed by atoms with van der Waals surface area (Å²) in [6.45, 7) is 0. The SMILES string of the molecule is CN(C)C1CCCC(C(=O)O)C1. The van der Waals surface area contributed by atoms with Crippen LogP contribution in [-0.4, -0.2) is 36.1 Å². The summed E-state index contributed by atoms with van der Waals surface area (Å²) in [6, 6.07) is 0.472. The van der Waals surface area contributed by atoms with Crippen molar-refractivity contribution >= 4 is 5.97 Å². The van der Waals surface area contributed by atoms with Gasteiger partial charge >= 0.3 is 5.97 Å². The predicted octanol–water partition coefficient (Wildman–Crippen LogP) is 1.19. The van der Waals surface area contributed by atoms with E-state index in [-0.39, 0.29) is 5.92 Å².